The Kier molecular flexibility index (Phi) is 66.2. The Hall–Kier alpha value is -3.93. The van der Waals surface area contributed by atoms with Crippen molar-refractivity contribution < 1.29 is 28.6 Å². The smallest absolute Gasteiger partial charge is 0.306 e. The van der Waals surface area contributed by atoms with Crippen molar-refractivity contribution in [3.8, 4) is 0 Å². The number of allylic oxidation sites excluding steroid dienone is 18. The fraction of sp³-hybridized carbons (Fsp3) is 0.724. The van der Waals surface area contributed by atoms with Gasteiger partial charge in [0, 0.05) is 19.3 Å². The van der Waals surface area contributed by atoms with Gasteiger partial charge in [-0.05, 0) is 128 Å². The first-order chi connectivity index (χ1) is 40.5. The van der Waals surface area contributed by atoms with E-state index < -0.39 is 6.10 Å². The number of unbranched alkanes of at least 4 members (excludes halogenated alkanes) is 34. The summed E-state index contributed by atoms with van der Waals surface area (Å²) in [7, 11) is 0. The zero-order valence-electron chi connectivity index (χ0n) is 54.0. The predicted octanol–water partition coefficient (Wildman–Crippen LogP) is 24.2. The Morgan fingerprint density at radius 1 is 0.256 bits per heavy atom. The number of carbonyl (C=O) groups is 3. The van der Waals surface area contributed by atoms with E-state index in [1.165, 1.54) is 173 Å². The zero-order valence-corrected chi connectivity index (χ0v) is 54.0. The van der Waals surface area contributed by atoms with Gasteiger partial charge in [0.25, 0.3) is 0 Å². The van der Waals surface area contributed by atoms with Crippen LogP contribution in [-0.4, -0.2) is 37.2 Å². The fourth-order valence-electron chi connectivity index (χ4n) is 9.77. The Morgan fingerprint density at radius 2 is 0.476 bits per heavy atom. The van der Waals surface area contributed by atoms with Gasteiger partial charge in [-0.15, -0.1) is 0 Å². The second-order valence-corrected chi connectivity index (χ2v) is 23.1. The van der Waals surface area contributed by atoms with Crippen molar-refractivity contribution in [2.45, 2.75) is 341 Å². The Balaban J connectivity index is 4.42. The average Bonchev–Trinajstić information content (AvgIpc) is 3.47. The molecule has 0 amide bonds. The third-order valence-electron chi connectivity index (χ3n) is 15.0. The van der Waals surface area contributed by atoms with Gasteiger partial charge < -0.3 is 14.2 Å². The van der Waals surface area contributed by atoms with Gasteiger partial charge in [-0.2, -0.15) is 0 Å². The lowest BCUT2D eigenvalue weighted by molar-refractivity contribution is -0.167. The molecule has 0 N–H and O–H groups in total. The van der Waals surface area contributed by atoms with E-state index in [2.05, 4.69) is 130 Å². The van der Waals surface area contributed by atoms with Crippen LogP contribution in [0.15, 0.2) is 109 Å². The highest BCUT2D eigenvalue weighted by Gasteiger charge is 2.19. The predicted molar refractivity (Wildman–Crippen MR) is 357 cm³/mol. The topological polar surface area (TPSA) is 78.9 Å². The van der Waals surface area contributed by atoms with Crippen molar-refractivity contribution in [2.24, 2.45) is 0 Å². The number of ether oxygens (including phenoxy) is 3. The van der Waals surface area contributed by atoms with Crippen LogP contribution in [0.5, 0.6) is 0 Å². The average molecular weight is 1140 g/mol. The molecule has 0 heterocycles. The van der Waals surface area contributed by atoms with Crippen molar-refractivity contribution >= 4 is 17.9 Å². The van der Waals surface area contributed by atoms with Crippen LogP contribution in [0.25, 0.3) is 0 Å². The summed E-state index contributed by atoms with van der Waals surface area (Å²) in [6, 6.07) is 0. The second-order valence-electron chi connectivity index (χ2n) is 23.1. The molecule has 0 aromatic carbocycles. The quantitative estimate of drug-likeness (QED) is 0.0261. The second kappa shape index (κ2) is 69.6. The van der Waals surface area contributed by atoms with Crippen LogP contribution in [0.3, 0.4) is 0 Å². The van der Waals surface area contributed by atoms with Crippen LogP contribution in [0.1, 0.15) is 335 Å². The van der Waals surface area contributed by atoms with Crippen molar-refractivity contribution in [1.29, 1.82) is 0 Å². The van der Waals surface area contributed by atoms with E-state index in [1.807, 2.05) is 0 Å². The summed E-state index contributed by atoms with van der Waals surface area (Å²) < 4.78 is 17.0. The molecule has 0 aliphatic heterocycles. The fourth-order valence-corrected chi connectivity index (χ4v) is 9.77. The molecule has 0 aromatic rings. The summed E-state index contributed by atoms with van der Waals surface area (Å²) in [4.78, 5) is 38.5. The van der Waals surface area contributed by atoms with Gasteiger partial charge in [-0.3, -0.25) is 14.4 Å². The van der Waals surface area contributed by atoms with Gasteiger partial charge >= 0.3 is 17.9 Å². The van der Waals surface area contributed by atoms with Crippen LogP contribution in [-0.2, 0) is 28.6 Å². The van der Waals surface area contributed by atoms with E-state index in [4.69, 9.17) is 14.2 Å². The molecule has 1 atom stereocenters. The molecule has 0 saturated heterocycles. The van der Waals surface area contributed by atoms with Crippen molar-refractivity contribution in [1.82, 2.24) is 0 Å². The number of carbonyl (C=O) groups excluding carboxylic acids is 3. The summed E-state index contributed by atoms with van der Waals surface area (Å²) in [5.74, 6) is -0.897. The normalized spacial score (nSPS) is 12.8. The summed E-state index contributed by atoms with van der Waals surface area (Å²) in [5, 5.41) is 0. The molecule has 6 nitrogen and oxygen atoms in total. The molecule has 82 heavy (non-hydrogen) atoms. The Labute approximate surface area is 508 Å². The number of rotatable bonds is 63. The first kappa shape index (κ1) is 78.1. The lowest BCUT2D eigenvalue weighted by atomic mass is 10.1. The van der Waals surface area contributed by atoms with E-state index >= 15 is 0 Å². The number of esters is 3. The van der Waals surface area contributed by atoms with Crippen molar-refractivity contribution in [3.63, 3.8) is 0 Å². The molecular weight excluding hydrogens is 1010 g/mol. The third kappa shape index (κ3) is 66.9. The minimum atomic E-state index is -0.794. The minimum Gasteiger partial charge on any atom is -0.462 e. The molecule has 1 unspecified atom stereocenters. The van der Waals surface area contributed by atoms with Crippen LogP contribution < -0.4 is 0 Å². The SMILES string of the molecule is CC/C=C\C/C=C\C/C=C\C/C=C\C/C=C\CCCCCCCCCCCC(=O)OCC(COC(=O)CCCCCCCCC/C=C\CCCCCCCCC)OC(=O)CCCCCCCC/C=C\C/C=C\C/C=C\CCCCCCC. The van der Waals surface area contributed by atoms with E-state index in [0.717, 1.165) is 122 Å². The van der Waals surface area contributed by atoms with Crippen molar-refractivity contribution in [2.75, 3.05) is 13.2 Å². The molecule has 0 aliphatic rings. The van der Waals surface area contributed by atoms with Gasteiger partial charge in [0.1, 0.15) is 13.2 Å². The number of hydrogen-bond donors (Lipinski definition) is 0. The maximum Gasteiger partial charge on any atom is 0.306 e. The molecule has 0 fully saturated rings. The molecule has 0 aliphatic carbocycles. The van der Waals surface area contributed by atoms with Crippen molar-refractivity contribution in [3.05, 3.63) is 109 Å². The van der Waals surface area contributed by atoms with Crippen LogP contribution in [0.4, 0.5) is 0 Å². The monoisotopic (exact) mass is 1140 g/mol. The van der Waals surface area contributed by atoms with Gasteiger partial charge in [0.15, 0.2) is 6.10 Å². The van der Waals surface area contributed by atoms with Gasteiger partial charge in [-0.25, -0.2) is 0 Å². The molecular formula is C76H130O6. The highest BCUT2D eigenvalue weighted by Crippen LogP contribution is 2.16. The highest BCUT2D eigenvalue weighted by atomic mass is 16.6. The largest absolute Gasteiger partial charge is 0.462 e. The van der Waals surface area contributed by atoms with Gasteiger partial charge in [0.2, 0.25) is 0 Å². The van der Waals surface area contributed by atoms with Gasteiger partial charge in [-0.1, -0.05) is 297 Å². The van der Waals surface area contributed by atoms with E-state index in [-0.39, 0.29) is 31.1 Å². The molecule has 0 rings (SSSR count). The van der Waals surface area contributed by atoms with E-state index in [0.29, 0.717) is 19.3 Å². The highest BCUT2D eigenvalue weighted by molar-refractivity contribution is 5.71. The standard InChI is InChI=1S/C76H130O6/c1-4-7-10-13-16-19-22-25-28-31-34-36-37-38-39-41-42-45-48-51-54-57-60-63-66-69-75(78)81-72-73(71-80-74(77)68-65-62-59-56-53-50-47-44-33-30-27-24-21-18-15-12-9-6-3)82-76(79)70-67-64-61-58-55-52-49-46-43-40-35-32-29-26-23-20-17-14-11-8-5-2/h7,10,16,19,23,25-26,28,30,32-36,38-39,43,46,73H,4-6,8-9,11-15,17-18,20-22,24,27,29,31,37,40-42,44-45,47-72H2,1-3H3/b10-7-,19-16-,26-23-,28-25-,33-30-,35-32-,36-34-,39-38-,46-43-. The molecule has 0 aromatic heterocycles. The molecule has 0 radical (unpaired) electrons. The Bertz CT molecular complexity index is 1640. The van der Waals surface area contributed by atoms with Crippen LogP contribution >= 0.6 is 0 Å². The number of hydrogen-bond acceptors (Lipinski definition) is 6. The minimum absolute atomic E-state index is 0.0872. The summed E-state index contributed by atoms with van der Waals surface area (Å²) in [5.41, 5.74) is 0. The van der Waals surface area contributed by atoms with E-state index in [1.54, 1.807) is 0 Å². The molecule has 0 saturated carbocycles. The van der Waals surface area contributed by atoms with Crippen LogP contribution in [0, 0.1) is 0 Å². The first-order valence-corrected chi connectivity index (χ1v) is 34.9. The lowest BCUT2D eigenvalue weighted by Crippen LogP contribution is -2.30. The molecule has 0 bridgehead atoms. The maximum atomic E-state index is 13.0. The molecule has 0 spiro atoms. The molecule has 470 valence electrons. The van der Waals surface area contributed by atoms with Crippen LogP contribution in [0.2, 0.25) is 0 Å². The Morgan fingerprint density at radius 3 is 0.756 bits per heavy atom. The maximum absolute atomic E-state index is 13.0. The summed E-state index contributed by atoms with van der Waals surface area (Å²) in [6.07, 6.45) is 95.2. The lowest BCUT2D eigenvalue weighted by Gasteiger charge is -2.18. The summed E-state index contributed by atoms with van der Waals surface area (Å²) in [6.45, 7) is 6.53. The van der Waals surface area contributed by atoms with Gasteiger partial charge in [0.05, 0.1) is 0 Å². The first-order valence-electron chi connectivity index (χ1n) is 34.9. The summed E-state index contributed by atoms with van der Waals surface area (Å²) >= 11 is 0. The molecule has 6 heteroatoms. The zero-order chi connectivity index (χ0) is 59.2. The van der Waals surface area contributed by atoms with E-state index in [9.17, 15) is 14.4 Å². The third-order valence-corrected chi connectivity index (χ3v) is 15.0.